The molecule has 0 heterocycles. The van der Waals surface area contributed by atoms with E-state index in [4.69, 9.17) is 4.55 Å². The molecule has 0 saturated carbocycles. The molecule has 12 heteroatoms. The zero-order valence-corrected chi connectivity index (χ0v) is 16.4. The average Bonchev–Trinajstić information content (AvgIpc) is 2.64. The number of hydrogen-bond acceptors (Lipinski definition) is 6. The van der Waals surface area contributed by atoms with Crippen LogP contribution in [0.1, 0.15) is 32.3 Å². The van der Waals surface area contributed by atoms with Crippen molar-refractivity contribution in [2.45, 2.75) is 39.2 Å². The van der Waals surface area contributed by atoms with Gasteiger partial charge in [-0.3, -0.25) is 25.0 Å². The van der Waals surface area contributed by atoms with Gasteiger partial charge < -0.3 is 4.90 Å². The lowest BCUT2D eigenvalue weighted by Crippen LogP contribution is -2.56. The minimum absolute atomic E-state index is 0.0384. The number of hydrazine groups is 1. The number of hydrogen-bond donors (Lipinski definition) is 4. The molecular weight excluding hydrogens is 392 g/mol. The van der Waals surface area contributed by atoms with E-state index < -0.39 is 34.3 Å². The van der Waals surface area contributed by atoms with Crippen LogP contribution in [0.5, 0.6) is 0 Å². The Morgan fingerprint density at radius 2 is 1.79 bits per heavy atom. The summed E-state index contributed by atoms with van der Waals surface area (Å²) >= 11 is 0. The van der Waals surface area contributed by atoms with E-state index in [1.807, 2.05) is 6.07 Å². The molecule has 0 spiro atoms. The van der Waals surface area contributed by atoms with E-state index in [1.54, 1.807) is 43.6 Å². The first-order valence-electron chi connectivity index (χ1n) is 8.53. The number of carbonyl (C=O) groups excluding carboxylic acids is 3. The van der Waals surface area contributed by atoms with Crippen LogP contribution in [0.15, 0.2) is 30.3 Å². The van der Waals surface area contributed by atoms with E-state index in [0.717, 1.165) is 10.5 Å². The SMILES string of the molecule is CCC[C@@H](C(=O)NNC(=O)Cc1ccccc1)N(CC)C(=O)NOS(=O)(=O)O. The molecule has 0 bridgehead atoms. The Morgan fingerprint density at radius 3 is 2.32 bits per heavy atom. The zero-order valence-electron chi connectivity index (χ0n) is 15.5. The van der Waals surface area contributed by atoms with Gasteiger partial charge in [-0.2, -0.15) is 13.9 Å². The lowest BCUT2D eigenvalue weighted by molar-refractivity contribution is -0.131. The summed E-state index contributed by atoms with van der Waals surface area (Å²) in [6, 6.07) is 6.87. The Morgan fingerprint density at radius 1 is 1.14 bits per heavy atom. The molecule has 0 fully saturated rings. The molecule has 0 aliphatic rings. The zero-order chi connectivity index (χ0) is 21.2. The Kier molecular flexibility index (Phi) is 9.35. The van der Waals surface area contributed by atoms with Gasteiger partial charge in [0.15, 0.2) is 0 Å². The molecule has 1 atom stereocenters. The highest BCUT2D eigenvalue weighted by Crippen LogP contribution is 2.08. The van der Waals surface area contributed by atoms with E-state index in [-0.39, 0.29) is 19.4 Å². The molecule has 0 saturated heterocycles. The quantitative estimate of drug-likeness (QED) is 0.334. The summed E-state index contributed by atoms with van der Waals surface area (Å²) in [5.74, 6) is -1.11. The lowest BCUT2D eigenvalue weighted by Gasteiger charge is -2.29. The van der Waals surface area contributed by atoms with Crippen LogP contribution in [-0.2, 0) is 30.7 Å². The van der Waals surface area contributed by atoms with Gasteiger partial charge in [-0.1, -0.05) is 43.7 Å². The van der Waals surface area contributed by atoms with Crippen LogP contribution in [0.25, 0.3) is 0 Å². The van der Waals surface area contributed by atoms with Crippen LogP contribution in [0.2, 0.25) is 0 Å². The summed E-state index contributed by atoms with van der Waals surface area (Å²) in [7, 11) is -4.89. The molecule has 0 aliphatic carbocycles. The first-order chi connectivity index (χ1) is 13.2. The highest BCUT2D eigenvalue weighted by atomic mass is 32.3. The predicted molar refractivity (Wildman–Crippen MR) is 98.7 cm³/mol. The number of rotatable bonds is 9. The first-order valence-corrected chi connectivity index (χ1v) is 9.89. The molecular formula is C16H24N4O7S. The summed E-state index contributed by atoms with van der Waals surface area (Å²) in [5, 5.41) is 0. The average molecular weight is 416 g/mol. The van der Waals surface area contributed by atoms with Crippen molar-refractivity contribution in [3.8, 4) is 0 Å². The fourth-order valence-corrected chi connectivity index (χ4v) is 2.57. The lowest BCUT2D eigenvalue weighted by atomic mass is 10.1. The van der Waals surface area contributed by atoms with E-state index in [2.05, 4.69) is 15.1 Å². The molecule has 28 heavy (non-hydrogen) atoms. The second kappa shape index (κ2) is 11.2. The number of likely N-dealkylation sites (N-methyl/N-ethyl adjacent to an activating group) is 1. The first kappa shape index (κ1) is 23.3. The van der Waals surface area contributed by atoms with Crippen LogP contribution in [-0.4, -0.2) is 48.3 Å². The fraction of sp³-hybridized carbons (Fsp3) is 0.438. The van der Waals surface area contributed by atoms with Crippen molar-refractivity contribution < 1.29 is 31.6 Å². The van der Waals surface area contributed by atoms with Crippen LogP contribution in [0, 0.1) is 0 Å². The summed E-state index contributed by atoms with van der Waals surface area (Å²) in [6.45, 7) is 3.39. The Bertz CT molecular complexity index is 770. The largest absolute Gasteiger partial charge is 0.418 e. The van der Waals surface area contributed by atoms with Crippen molar-refractivity contribution in [1.29, 1.82) is 0 Å². The van der Waals surface area contributed by atoms with Crippen molar-refractivity contribution in [1.82, 2.24) is 21.2 Å². The maximum Gasteiger partial charge on any atom is 0.418 e. The Balaban J connectivity index is 2.69. The summed E-state index contributed by atoms with van der Waals surface area (Å²) in [4.78, 5) is 37.5. The van der Waals surface area contributed by atoms with Gasteiger partial charge in [0.1, 0.15) is 6.04 Å². The van der Waals surface area contributed by atoms with Gasteiger partial charge in [0, 0.05) is 6.54 Å². The summed E-state index contributed by atoms with van der Waals surface area (Å²) < 4.78 is 33.5. The number of amides is 4. The number of nitrogens with one attached hydrogen (secondary N) is 3. The van der Waals surface area contributed by atoms with Crippen LogP contribution < -0.4 is 16.3 Å². The van der Waals surface area contributed by atoms with Gasteiger partial charge in [-0.05, 0) is 18.9 Å². The fourth-order valence-electron chi connectivity index (χ4n) is 2.39. The molecule has 0 radical (unpaired) electrons. The summed E-state index contributed by atoms with van der Waals surface area (Å²) in [5.41, 5.74) is 6.85. The van der Waals surface area contributed by atoms with Crippen molar-refractivity contribution in [2.24, 2.45) is 0 Å². The molecule has 1 rings (SSSR count). The predicted octanol–water partition coefficient (Wildman–Crippen LogP) is 0.311. The van der Waals surface area contributed by atoms with Gasteiger partial charge in [-0.15, -0.1) is 4.28 Å². The van der Waals surface area contributed by atoms with E-state index in [1.165, 1.54) is 0 Å². The Hall–Kier alpha value is -2.70. The highest BCUT2D eigenvalue weighted by Gasteiger charge is 2.29. The van der Waals surface area contributed by atoms with Crippen LogP contribution >= 0.6 is 0 Å². The number of hydroxylamine groups is 1. The molecule has 156 valence electrons. The van der Waals surface area contributed by atoms with Crippen molar-refractivity contribution in [2.75, 3.05) is 6.54 Å². The van der Waals surface area contributed by atoms with Gasteiger partial charge in [0.25, 0.3) is 5.91 Å². The number of benzene rings is 1. The van der Waals surface area contributed by atoms with Gasteiger partial charge in [0.05, 0.1) is 6.42 Å². The smallest absolute Gasteiger partial charge is 0.311 e. The third-order valence-corrected chi connectivity index (χ3v) is 3.90. The molecule has 4 amide bonds. The minimum Gasteiger partial charge on any atom is -0.311 e. The number of carbonyl (C=O) groups is 3. The van der Waals surface area contributed by atoms with Crippen LogP contribution in [0.4, 0.5) is 4.79 Å². The third-order valence-electron chi connectivity index (χ3n) is 3.61. The molecule has 11 nitrogen and oxygen atoms in total. The third kappa shape index (κ3) is 8.33. The van der Waals surface area contributed by atoms with E-state index in [9.17, 15) is 22.8 Å². The standard InChI is InChI=1S/C16H24N4O7S/c1-3-8-13(20(4-2)16(23)19-27-28(24,25)26)15(22)18-17-14(21)11-12-9-6-5-7-10-12/h5-7,9-10,13H,3-4,8,11H2,1-2H3,(H,17,21)(H,18,22)(H,19,23)(H,24,25,26)/t13-/m0/s1. The minimum atomic E-state index is -4.89. The van der Waals surface area contributed by atoms with E-state index >= 15 is 0 Å². The number of nitrogens with zero attached hydrogens (tertiary/aromatic N) is 1. The van der Waals surface area contributed by atoms with Gasteiger partial charge >= 0.3 is 16.4 Å². The maximum atomic E-state index is 12.4. The second-order valence-electron chi connectivity index (χ2n) is 5.71. The van der Waals surface area contributed by atoms with Gasteiger partial charge in [-0.25, -0.2) is 4.79 Å². The molecule has 0 aliphatic heterocycles. The maximum absolute atomic E-state index is 12.4. The molecule has 0 unspecified atom stereocenters. The molecule has 1 aromatic rings. The second-order valence-corrected chi connectivity index (χ2v) is 6.73. The highest BCUT2D eigenvalue weighted by molar-refractivity contribution is 7.80. The molecule has 4 N–H and O–H groups in total. The molecule has 0 aromatic heterocycles. The molecule has 1 aromatic carbocycles. The van der Waals surface area contributed by atoms with Gasteiger partial charge in [0.2, 0.25) is 5.91 Å². The van der Waals surface area contributed by atoms with E-state index in [0.29, 0.717) is 6.42 Å². The normalized spacial score (nSPS) is 12.0. The van der Waals surface area contributed by atoms with Crippen molar-refractivity contribution in [3.05, 3.63) is 35.9 Å². The van der Waals surface area contributed by atoms with Crippen molar-refractivity contribution >= 4 is 28.2 Å². The monoisotopic (exact) mass is 416 g/mol. The Labute approximate surface area is 163 Å². The van der Waals surface area contributed by atoms with Crippen LogP contribution in [0.3, 0.4) is 0 Å². The topological polar surface area (TPSA) is 154 Å². The van der Waals surface area contributed by atoms with Crippen molar-refractivity contribution in [3.63, 3.8) is 0 Å². The number of urea groups is 1. The summed E-state index contributed by atoms with van der Waals surface area (Å²) in [6.07, 6.45) is 0.826.